The molecule has 0 heterocycles. The summed E-state index contributed by atoms with van der Waals surface area (Å²) in [5, 5.41) is 0. The van der Waals surface area contributed by atoms with E-state index in [2.05, 4.69) is 119 Å². The van der Waals surface area contributed by atoms with Gasteiger partial charge >= 0.3 is 75.7 Å². The van der Waals surface area contributed by atoms with Gasteiger partial charge in [-0.1, -0.05) is 177 Å². The van der Waals surface area contributed by atoms with Crippen LogP contribution in [0, 0.1) is 107 Å². The Balaban J connectivity index is 0.00000101. The van der Waals surface area contributed by atoms with Gasteiger partial charge in [-0.3, -0.25) is 0 Å². The quantitative estimate of drug-likeness (QED) is 0.180. The summed E-state index contributed by atoms with van der Waals surface area (Å²) in [7, 11) is 17.2. The second-order valence-electron chi connectivity index (χ2n) is 22.5. The van der Waals surface area contributed by atoms with Crippen molar-refractivity contribution in [3.05, 3.63) is 65.6 Å². The molecule has 6 aliphatic rings. The van der Waals surface area contributed by atoms with Gasteiger partial charge in [-0.25, -0.2) is 0 Å². The molecule has 0 saturated heterocycles. The maximum absolute atomic E-state index is 4.93. The van der Waals surface area contributed by atoms with Crippen LogP contribution < -0.4 is 0 Å². The molecule has 0 bridgehead atoms. The van der Waals surface area contributed by atoms with Crippen molar-refractivity contribution >= 4 is 50.2 Å². The molecule has 1 aromatic carbocycles. The molecule has 0 aromatic heterocycles. The Morgan fingerprint density at radius 2 is 0.839 bits per heavy atom. The molecule has 62 heavy (non-hydrogen) atoms. The number of fused-ring (bicyclic) bond motifs is 2. The van der Waals surface area contributed by atoms with E-state index in [1.54, 1.807) is 31.2 Å². The van der Waals surface area contributed by atoms with Gasteiger partial charge in [0.05, 0.1) is 16.1 Å². The van der Waals surface area contributed by atoms with Crippen LogP contribution in [0.5, 0.6) is 0 Å². The molecule has 1 aromatic rings. The molecule has 0 N–H and O–H groups in total. The molecule has 16 unspecified atom stereocenters. The van der Waals surface area contributed by atoms with Crippen LogP contribution in [0.4, 0.5) is 0 Å². The Labute approximate surface area is 430 Å². The summed E-state index contributed by atoms with van der Waals surface area (Å²) < 4.78 is 0. The van der Waals surface area contributed by atoms with Gasteiger partial charge in [-0.15, -0.1) is 0 Å². The van der Waals surface area contributed by atoms with Crippen LogP contribution in [0.3, 0.4) is 0 Å². The fourth-order valence-electron chi connectivity index (χ4n) is 16.7. The number of hydrogen-bond acceptors (Lipinski definition) is 0. The van der Waals surface area contributed by atoms with Crippen molar-refractivity contribution in [1.29, 1.82) is 0 Å². The molecule has 6 saturated carbocycles. The summed E-state index contributed by atoms with van der Waals surface area (Å²) in [6, 6.07) is 11.6. The Morgan fingerprint density at radius 3 is 1.23 bits per heavy atom. The Kier molecular flexibility index (Phi) is 30.9. The Morgan fingerprint density at radius 1 is 0.500 bits per heavy atom. The normalized spacial score (nSPS) is 39.2. The van der Waals surface area contributed by atoms with Gasteiger partial charge in [0.25, 0.3) is 0 Å². The van der Waals surface area contributed by atoms with E-state index < -0.39 is 57.8 Å². The zero-order chi connectivity index (χ0) is 43.1. The molecule has 8 heteroatoms. The van der Waals surface area contributed by atoms with Crippen molar-refractivity contribution in [2.24, 2.45) is 76.9 Å². The second-order valence-corrected chi connectivity index (χ2v) is 40.1. The summed E-state index contributed by atoms with van der Waals surface area (Å²) in [6.07, 6.45) is 19.7. The van der Waals surface area contributed by atoms with Gasteiger partial charge in [-0.2, -0.15) is 0 Å². The summed E-state index contributed by atoms with van der Waals surface area (Å²) in [4.78, 5) is 0. The predicted octanol–water partition coefficient (Wildman–Crippen LogP) is 20.6. The first kappa shape index (κ1) is 64.6. The summed E-state index contributed by atoms with van der Waals surface area (Å²) in [5.41, 5.74) is 5.91. The van der Waals surface area contributed by atoms with Crippen LogP contribution in [0.15, 0.2) is 30.3 Å². The van der Waals surface area contributed by atoms with Crippen LogP contribution in [0.1, 0.15) is 157 Å². The van der Waals surface area contributed by atoms with Crippen molar-refractivity contribution in [2.45, 2.75) is 200 Å². The second kappa shape index (κ2) is 29.7. The first-order chi connectivity index (χ1) is 27.5. The van der Waals surface area contributed by atoms with E-state index in [1.165, 1.54) is 57.8 Å². The summed E-state index contributed by atoms with van der Waals surface area (Å²) in [5.74, 6) is 13.6. The van der Waals surface area contributed by atoms with Gasteiger partial charge in [0.2, 0.25) is 0 Å². The SMILES string of the molecule is CC1C(C)C(C)C([Si](C)(C)C2CC(c3ccccc3)C3CCCCC32)C1C.CCCCC1CC([Si](C)(C)C2C(C)C(C)C(C)C2C)C2CCCCC12.[CH3-].[CH3-].[CH3-].[CH3-].[Cl][Zr+2][Cl].[Cl][Zr+2][Cl]. The van der Waals surface area contributed by atoms with Crippen LogP contribution in [-0.2, 0) is 41.7 Å². The van der Waals surface area contributed by atoms with Crippen LogP contribution in [0.25, 0.3) is 0 Å². The summed E-state index contributed by atoms with van der Waals surface area (Å²) in [6.45, 7) is 34.3. The third kappa shape index (κ3) is 14.4. The van der Waals surface area contributed by atoms with Crippen LogP contribution in [-0.4, -0.2) is 16.1 Å². The number of unbranched alkanes of at least 4 members (excludes halogenated alkanes) is 1. The molecular weight excluding hydrogens is 1030 g/mol. The molecule has 0 aliphatic heterocycles. The monoisotopic (exact) mass is 1120 g/mol. The fraction of sp³-hybridized carbons (Fsp3) is 0.815. The van der Waals surface area contributed by atoms with E-state index in [1.807, 2.05) is 0 Å². The van der Waals surface area contributed by atoms with Crippen LogP contribution >= 0.6 is 34.1 Å². The van der Waals surface area contributed by atoms with E-state index in [-0.39, 0.29) is 29.7 Å². The predicted molar refractivity (Wildman–Crippen MR) is 285 cm³/mol. The minimum atomic E-state index is -1.33. The van der Waals surface area contributed by atoms with E-state index in [0.29, 0.717) is 0 Å². The average molecular weight is 1130 g/mol. The maximum atomic E-state index is 4.93. The first-order valence-electron chi connectivity index (χ1n) is 24.4. The number of hydrogen-bond donors (Lipinski definition) is 0. The van der Waals surface area contributed by atoms with Crippen molar-refractivity contribution in [1.82, 2.24) is 0 Å². The zero-order valence-electron chi connectivity index (χ0n) is 43.5. The topological polar surface area (TPSA) is 0 Å². The van der Waals surface area contributed by atoms with Gasteiger partial charge in [0.15, 0.2) is 0 Å². The summed E-state index contributed by atoms with van der Waals surface area (Å²) >= 11 is -1.65. The molecule has 16 atom stereocenters. The first-order valence-corrected chi connectivity index (χ1v) is 43.4. The minimum absolute atomic E-state index is 0. The van der Waals surface area contributed by atoms with Gasteiger partial charge in [-0.05, 0) is 136 Å². The van der Waals surface area contributed by atoms with E-state index in [9.17, 15) is 0 Å². The Hall–Kier alpha value is 2.58. The molecule has 0 nitrogen and oxygen atoms in total. The number of halogens is 4. The van der Waals surface area contributed by atoms with Gasteiger partial charge in [0.1, 0.15) is 0 Å². The molecule has 6 aliphatic carbocycles. The van der Waals surface area contributed by atoms with Crippen molar-refractivity contribution in [3.63, 3.8) is 0 Å². The molecular formula is C54H100Cl4Si2Zr2. The molecule has 7 rings (SSSR count). The molecule has 6 fully saturated rings. The fourth-order valence-corrected chi connectivity index (χ4v) is 29.2. The van der Waals surface area contributed by atoms with Crippen LogP contribution in [0.2, 0.25) is 48.4 Å². The standard InChI is InChI=1S/C26H42Si.C24H46Si.4CH3.4ClH.2Zr/c1-17-18(2)20(4)26(19(17)3)27(5,6)25-16-24(21-12-8-7-9-13-21)22-14-10-11-15-23(22)25;1-8-9-12-20-15-23(22-14-11-10-13-21(20)22)25(6,7)24-18(4)16(2)17(3)19(24)5;;;;;;;;;;/h7-9,12-13,17-20,22-26H,10-11,14-16H2,1-6H3;16-24H,8-15H2,1-7H3;4*1H3;4*1H;;/q;;4*-1;;;;;2*+4/p-4. The molecule has 0 radical (unpaired) electrons. The van der Waals surface area contributed by atoms with Gasteiger partial charge in [0, 0.05) is 0 Å². The van der Waals surface area contributed by atoms with E-state index in [4.69, 9.17) is 34.1 Å². The zero-order valence-corrected chi connectivity index (χ0v) is 53.4. The third-order valence-corrected chi connectivity index (χ3v) is 30.7. The molecule has 360 valence electrons. The van der Waals surface area contributed by atoms with Crippen molar-refractivity contribution in [2.75, 3.05) is 0 Å². The van der Waals surface area contributed by atoms with Gasteiger partial charge < -0.3 is 29.7 Å². The van der Waals surface area contributed by atoms with Crippen molar-refractivity contribution in [3.8, 4) is 0 Å². The van der Waals surface area contributed by atoms with E-state index >= 15 is 0 Å². The average Bonchev–Trinajstić information content (AvgIpc) is 3.90. The number of rotatable bonds is 8. The van der Waals surface area contributed by atoms with E-state index in [0.717, 1.165) is 105 Å². The molecule has 0 amide bonds. The molecule has 0 spiro atoms. The van der Waals surface area contributed by atoms with Crippen molar-refractivity contribution < 1.29 is 41.7 Å². The third-order valence-electron chi connectivity index (χ3n) is 20.0. The number of benzene rings is 1. The Bertz CT molecular complexity index is 1300.